The number of aryl methyl sites for hydroxylation is 2. The number of para-hydroxylation sites is 1. The molecule has 0 saturated heterocycles. The number of nitrogens with zero attached hydrogens (tertiary/aromatic N) is 1. The summed E-state index contributed by atoms with van der Waals surface area (Å²) >= 11 is 0. The molecule has 24 heavy (non-hydrogen) atoms. The molecule has 4 rings (SSSR count). The number of carbonyl (C=O) groups excluding carboxylic acids is 1. The van der Waals surface area contributed by atoms with Gasteiger partial charge in [0.25, 0.3) is 0 Å². The van der Waals surface area contributed by atoms with E-state index in [4.69, 9.17) is 0 Å². The normalized spacial score (nSPS) is 14.3. The van der Waals surface area contributed by atoms with Gasteiger partial charge in [-0.25, -0.2) is 4.79 Å². The van der Waals surface area contributed by atoms with Crippen LogP contribution >= 0.6 is 0 Å². The minimum atomic E-state index is -0.0351. The summed E-state index contributed by atoms with van der Waals surface area (Å²) in [6, 6.07) is 16.2. The van der Waals surface area contributed by atoms with E-state index in [2.05, 4.69) is 28.5 Å². The van der Waals surface area contributed by atoms with Crippen LogP contribution in [0.3, 0.4) is 0 Å². The van der Waals surface area contributed by atoms with Crippen LogP contribution in [0.4, 0.5) is 10.5 Å². The van der Waals surface area contributed by atoms with Crippen LogP contribution in [0.25, 0.3) is 10.9 Å². The Bertz CT molecular complexity index is 897. The van der Waals surface area contributed by atoms with Crippen molar-refractivity contribution in [2.24, 2.45) is 0 Å². The summed E-state index contributed by atoms with van der Waals surface area (Å²) in [5.41, 5.74) is 5.66. The number of hydrogen-bond acceptors (Lipinski definition) is 1. The number of urea groups is 1. The van der Waals surface area contributed by atoms with Crippen LogP contribution in [0.1, 0.15) is 23.2 Å². The van der Waals surface area contributed by atoms with E-state index in [1.807, 2.05) is 42.2 Å². The van der Waals surface area contributed by atoms with Crippen molar-refractivity contribution in [1.29, 1.82) is 0 Å². The number of carbonyl (C=O) groups is 1. The monoisotopic (exact) mass is 319 g/mol. The summed E-state index contributed by atoms with van der Waals surface area (Å²) in [5.74, 6) is 0. The topological polar surface area (TPSA) is 48.1 Å². The Kier molecular flexibility index (Phi) is 3.73. The highest BCUT2D eigenvalue weighted by Gasteiger charge is 2.22. The maximum atomic E-state index is 12.7. The van der Waals surface area contributed by atoms with Crippen molar-refractivity contribution in [2.45, 2.75) is 26.3 Å². The fourth-order valence-corrected chi connectivity index (χ4v) is 3.49. The molecule has 0 atom stereocenters. The zero-order valence-electron chi connectivity index (χ0n) is 13.8. The number of fused-ring (bicyclic) bond motifs is 3. The molecule has 0 fully saturated rings. The van der Waals surface area contributed by atoms with Crippen LogP contribution < -0.4 is 5.32 Å². The molecule has 0 bridgehead atoms. The first-order valence-electron chi connectivity index (χ1n) is 8.42. The van der Waals surface area contributed by atoms with Crippen LogP contribution in [0.2, 0.25) is 0 Å². The Morgan fingerprint density at radius 3 is 2.92 bits per heavy atom. The summed E-state index contributed by atoms with van der Waals surface area (Å²) in [6.45, 7) is 3.43. The average molecular weight is 319 g/mol. The molecule has 3 aromatic rings. The highest BCUT2D eigenvalue weighted by atomic mass is 16.2. The predicted molar refractivity (Wildman–Crippen MR) is 97.2 cm³/mol. The van der Waals surface area contributed by atoms with Gasteiger partial charge in [0, 0.05) is 28.8 Å². The van der Waals surface area contributed by atoms with E-state index in [1.54, 1.807) is 0 Å². The molecule has 0 spiro atoms. The zero-order valence-corrected chi connectivity index (χ0v) is 13.8. The van der Waals surface area contributed by atoms with Crippen molar-refractivity contribution in [3.05, 3.63) is 65.4 Å². The van der Waals surface area contributed by atoms with Gasteiger partial charge in [-0.1, -0.05) is 30.3 Å². The summed E-state index contributed by atoms with van der Waals surface area (Å²) in [6.07, 6.45) is 1.99. The molecule has 2 aromatic carbocycles. The van der Waals surface area contributed by atoms with Gasteiger partial charge < -0.3 is 15.2 Å². The Morgan fingerprint density at radius 2 is 2.04 bits per heavy atom. The quantitative estimate of drug-likeness (QED) is 0.683. The van der Waals surface area contributed by atoms with E-state index in [9.17, 15) is 4.79 Å². The summed E-state index contributed by atoms with van der Waals surface area (Å²) in [4.78, 5) is 18.0. The molecule has 2 heterocycles. The van der Waals surface area contributed by atoms with E-state index in [0.29, 0.717) is 6.54 Å². The SMILES string of the molecule is Cc1cccc(NC(=O)N2CCCc3c([nH]c4ccccc34)C2)c1. The molecule has 0 unspecified atom stereocenters. The van der Waals surface area contributed by atoms with E-state index < -0.39 is 0 Å². The van der Waals surface area contributed by atoms with E-state index in [-0.39, 0.29) is 6.03 Å². The van der Waals surface area contributed by atoms with E-state index in [1.165, 1.54) is 10.9 Å². The van der Waals surface area contributed by atoms with E-state index in [0.717, 1.165) is 41.8 Å². The number of H-pyrrole nitrogens is 1. The maximum Gasteiger partial charge on any atom is 0.322 e. The number of hydrogen-bond donors (Lipinski definition) is 2. The fraction of sp³-hybridized carbons (Fsp3) is 0.250. The third-order valence-corrected chi connectivity index (χ3v) is 4.66. The molecular weight excluding hydrogens is 298 g/mol. The average Bonchev–Trinajstić information content (AvgIpc) is 2.78. The number of aromatic nitrogens is 1. The number of aromatic amines is 1. The lowest BCUT2D eigenvalue weighted by atomic mass is 10.1. The van der Waals surface area contributed by atoms with Gasteiger partial charge in [-0.15, -0.1) is 0 Å². The Hall–Kier alpha value is -2.75. The molecule has 4 heteroatoms. The number of rotatable bonds is 1. The van der Waals surface area contributed by atoms with Gasteiger partial charge in [-0.2, -0.15) is 0 Å². The standard InChI is InChI=1S/C20H21N3O/c1-14-6-4-7-15(12-14)21-20(24)23-11-5-9-17-16-8-2-3-10-18(16)22-19(17)13-23/h2-4,6-8,10,12,22H,5,9,11,13H2,1H3,(H,21,24). The van der Waals surface area contributed by atoms with Crippen LogP contribution in [0, 0.1) is 6.92 Å². The van der Waals surface area contributed by atoms with Gasteiger partial charge in [0.2, 0.25) is 0 Å². The minimum absolute atomic E-state index is 0.0351. The first-order valence-corrected chi connectivity index (χ1v) is 8.42. The highest BCUT2D eigenvalue weighted by Crippen LogP contribution is 2.27. The highest BCUT2D eigenvalue weighted by molar-refractivity contribution is 5.90. The second-order valence-corrected chi connectivity index (χ2v) is 6.45. The van der Waals surface area contributed by atoms with Gasteiger partial charge in [-0.3, -0.25) is 0 Å². The molecule has 122 valence electrons. The summed E-state index contributed by atoms with van der Waals surface area (Å²) in [5, 5.41) is 4.30. The molecule has 1 aromatic heterocycles. The molecule has 2 amide bonds. The van der Waals surface area contributed by atoms with Crippen molar-refractivity contribution in [2.75, 3.05) is 11.9 Å². The minimum Gasteiger partial charge on any atom is -0.357 e. The molecule has 1 aliphatic rings. The summed E-state index contributed by atoms with van der Waals surface area (Å²) < 4.78 is 0. The van der Waals surface area contributed by atoms with Crippen LogP contribution in [0.15, 0.2) is 48.5 Å². The molecular formula is C20H21N3O. The fourth-order valence-electron chi connectivity index (χ4n) is 3.49. The second-order valence-electron chi connectivity index (χ2n) is 6.45. The van der Waals surface area contributed by atoms with Gasteiger partial charge >= 0.3 is 6.03 Å². The Labute approximate surface area is 141 Å². The van der Waals surface area contributed by atoms with Crippen molar-refractivity contribution < 1.29 is 4.79 Å². The second kappa shape index (κ2) is 6.04. The van der Waals surface area contributed by atoms with Crippen LogP contribution in [-0.2, 0) is 13.0 Å². The van der Waals surface area contributed by atoms with Crippen molar-refractivity contribution >= 4 is 22.6 Å². The number of amides is 2. The van der Waals surface area contributed by atoms with Crippen LogP contribution in [0.5, 0.6) is 0 Å². The summed E-state index contributed by atoms with van der Waals surface area (Å²) in [7, 11) is 0. The first-order chi connectivity index (χ1) is 11.7. The molecule has 0 radical (unpaired) electrons. The molecule has 0 saturated carbocycles. The molecule has 1 aliphatic heterocycles. The van der Waals surface area contributed by atoms with Gasteiger partial charge in [-0.05, 0) is 49.1 Å². The smallest absolute Gasteiger partial charge is 0.322 e. The molecule has 4 nitrogen and oxygen atoms in total. The predicted octanol–water partition coefficient (Wildman–Crippen LogP) is 4.46. The van der Waals surface area contributed by atoms with Crippen molar-refractivity contribution in [3.8, 4) is 0 Å². The third-order valence-electron chi connectivity index (χ3n) is 4.66. The first kappa shape index (κ1) is 14.8. The number of nitrogens with one attached hydrogen (secondary N) is 2. The lowest BCUT2D eigenvalue weighted by molar-refractivity contribution is 0.209. The van der Waals surface area contributed by atoms with Gasteiger partial charge in [0.15, 0.2) is 0 Å². The molecule has 0 aliphatic carbocycles. The number of benzene rings is 2. The van der Waals surface area contributed by atoms with Gasteiger partial charge in [0.1, 0.15) is 0 Å². The molecule has 2 N–H and O–H groups in total. The lowest BCUT2D eigenvalue weighted by Gasteiger charge is -2.21. The number of anilines is 1. The Balaban J connectivity index is 1.57. The maximum absolute atomic E-state index is 12.7. The zero-order chi connectivity index (χ0) is 16.5. The van der Waals surface area contributed by atoms with Gasteiger partial charge in [0.05, 0.1) is 6.54 Å². The third kappa shape index (κ3) is 2.75. The van der Waals surface area contributed by atoms with Crippen LogP contribution in [-0.4, -0.2) is 22.5 Å². The van der Waals surface area contributed by atoms with Crippen molar-refractivity contribution in [1.82, 2.24) is 9.88 Å². The van der Waals surface area contributed by atoms with Crippen molar-refractivity contribution in [3.63, 3.8) is 0 Å². The van der Waals surface area contributed by atoms with E-state index >= 15 is 0 Å². The lowest BCUT2D eigenvalue weighted by Crippen LogP contribution is -2.34. The largest absolute Gasteiger partial charge is 0.357 e. The Morgan fingerprint density at radius 1 is 1.17 bits per heavy atom.